The minimum Gasteiger partial charge on any atom is -0.296 e. The average molecular weight is 274 g/mol. The molecule has 0 rings (SSSR count). The smallest absolute Gasteiger partial charge is 0.296 e. The molecule has 9 heteroatoms. The van der Waals surface area contributed by atoms with Crippen molar-refractivity contribution in [3.05, 3.63) is 0 Å². The van der Waals surface area contributed by atoms with Crippen molar-refractivity contribution < 1.29 is 22.8 Å². The Morgan fingerprint density at radius 3 is 2.31 bits per heavy atom. The fourth-order valence-electron chi connectivity index (χ4n) is 0.759. The highest BCUT2D eigenvalue weighted by atomic mass is 32.2. The lowest BCUT2D eigenvalue weighted by atomic mass is 10.7. The van der Waals surface area contributed by atoms with Crippen molar-refractivity contribution in [2.24, 2.45) is 0 Å². The second kappa shape index (κ2) is 8.16. The molecule has 0 bridgehead atoms. The average Bonchev–Trinajstić information content (AvgIpc) is 2.17. The molecule has 0 saturated heterocycles. The topological polar surface area (TPSA) is 67.9 Å². The van der Waals surface area contributed by atoms with Crippen molar-refractivity contribution in [1.29, 1.82) is 0 Å². The van der Waals surface area contributed by atoms with E-state index in [1.165, 1.54) is 11.1 Å². The molecule has 0 aromatic heterocycles. The van der Waals surface area contributed by atoms with Crippen molar-refractivity contribution in [2.75, 3.05) is 26.8 Å². The maximum atomic E-state index is 12.0. The highest BCUT2D eigenvalue weighted by molar-refractivity contribution is 7.99. The van der Waals surface area contributed by atoms with Gasteiger partial charge in [0.2, 0.25) is 0 Å². The number of nitrogens with one attached hydrogen (secondary N) is 1. The third-order valence-electron chi connectivity index (χ3n) is 1.34. The van der Waals surface area contributed by atoms with Gasteiger partial charge >= 0.3 is 13.8 Å². The summed E-state index contributed by atoms with van der Waals surface area (Å²) >= 11 is 0.801. The van der Waals surface area contributed by atoms with Gasteiger partial charge in [-0.15, -0.1) is 4.08 Å². The van der Waals surface area contributed by atoms with Crippen LogP contribution in [0.1, 0.15) is 13.8 Å². The van der Waals surface area contributed by atoms with Crippen LogP contribution in [0.4, 0.5) is 4.39 Å². The van der Waals surface area contributed by atoms with Gasteiger partial charge in [0.15, 0.2) is 0 Å². The summed E-state index contributed by atoms with van der Waals surface area (Å²) in [6, 6.07) is -1.50. The van der Waals surface area contributed by atoms with Gasteiger partial charge in [0, 0.05) is 19.2 Å². The zero-order valence-electron chi connectivity index (χ0n) is 9.43. The van der Waals surface area contributed by atoms with Gasteiger partial charge in [0.25, 0.3) is 0 Å². The summed E-state index contributed by atoms with van der Waals surface area (Å²) in [6.07, 6.45) is 0. The van der Waals surface area contributed by atoms with E-state index < -0.39 is 20.3 Å². The van der Waals surface area contributed by atoms with Gasteiger partial charge in [-0.3, -0.25) is 13.8 Å². The van der Waals surface area contributed by atoms with Gasteiger partial charge in [-0.25, -0.2) is 9.29 Å². The summed E-state index contributed by atoms with van der Waals surface area (Å²) in [5.41, 5.74) is 0. The van der Waals surface area contributed by atoms with E-state index in [1.807, 2.05) is 0 Å². The van der Waals surface area contributed by atoms with E-state index in [4.69, 9.17) is 9.05 Å². The van der Waals surface area contributed by atoms with Crippen molar-refractivity contribution >= 4 is 25.9 Å². The van der Waals surface area contributed by atoms with Gasteiger partial charge in [-0.1, -0.05) is 0 Å². The van der Waals surface area contributed by atoms with Crippen LogP contribution in [-0.4, -0.2) is 36.9 Å². The van der Waals surface area contributed by atoms with E-state index in [0.717, 1.165) is 12.1 Å². The molecule has 0 aliphatic rings. The predicted molar refractivity (Wildman–Crippen MR) is 60.3 cm³/mol. The fraction of sp³-hybridized carbons (Fsp3) is 0.857. The Balaban J connectivity index is 4.21. The molecule has 0 aromatic rings. The Bertz CT molecular complexity index is 259. The largest absolute Gasteiger partial charge is 0.418 e. The number of halogens is 1. The van der Waals surface area contributed by atoms with Crippen LogP contribution in [0.15, 0.2) is 0 Å². The molecule has 0 aromatic carbocycles. The van der Waals surface area contributed by atoms with Crippen LogP contribution in [0.25, 0.3) is 0 Å². The summed E-state index contributed by atoms with van der Waals surface area (Å²) in [6.45, 7) is 3.35. The lowest BCUT2D eigenvalue weighted by Gasteiger charge is -2.24. The molecule has 16 heavy (non-hydrogen) atoms. The summed E-state index contributed by atoms with van der Waals surface area (Å²) in [5.74, 6) is 0. The third-order valence-corrected chi connectivity index (χ3v) is 4.58. The van der Waals surface area contributed by atoms with Crippen LogP contribution in [-0.2, 0) is 18.4 Å². The number of hydrogen-bond acceptors (Lipinski definition) is 6. The molecule has 0 aliphatic carbocycles. The molecule has 96 valence electrons. The van der Waals surface area contributed by atoms with Crippen LogP contribution in [0, 0.1) is 0 Å². The van der Waals surface area contributed by atoms with Crippen LogP contribution < -0.4 is 4.72 Å². The molecule has 0 spiro atoms. The second-order valence-electron chi connectivity index (χ2n) is 2.54. The fourth-order valence-corrected chi connectivity index (χ4v) is 3.03. The summed E-state index contributed by atoms with van der Waals surface area (Å²) in [7, 11) is -1.91. The first kappa shape index (κ1) is 16.0. The van der Waals surface area contributed by atoms with E-state index in [-0.39, 0.29) is 13.2 Å². The van der Waals surface area contributed by atoms with Gasteiger partial charge in [0.1, 0.15) is 0 Å². The maximum Gasteiger partial charge on any atom is 0.418 e. The maximum absolute atomic E-state index is 12.0. The zero-order chi connectivity index (χ0) is 12.6. The molecular formula is C7H16FN2O4PS. The molecule has 0 amide bonds. The van der Waals surface area contributed by atoms with Crippen LogP contribution in [0.3, 0.4) is 0 Å². The molecular weight excluding hydrogens is 258 g/mol. The molecule has 0 unspecified atom stereocenters. The first-order valence-corrected chi connectivity index (χ1v) is 6.94. The summed E-state index contributed by atoms with van der Waals surface area (Å²) < 4.78 is 37.5. The Kier molecular flexibility index (Phi) is 8.17. The molecule has 1 N–H and O–H groups in total. The first-order valence-electron chi connectivity index (χ1n) is 4.67. The van der Waals surface area contributed by atoms with Crippen LogP contribution in [0.2, 0.25) is 0 Å². The minimum atomic E-state index is -3.37. The Morgan fingerprint density at radius 2 is 1.94 bits per heavy atom. The van der Waals surface area contributed by atoms with Crippen molar-refractivity contribution in [3.8, 4) is 0 Å². The molecule has 0 heterocycles. The van der Waals surface area contributed by atoms with Crippen molar-refractivity contribution in [3.63, 3.8) is 0 Å². The lowest BCUT2D eigenvalue weighted by Crippen LogP contribution is -2.20. The van der Waals surface area contributed by atoms with Gasteiger partial charge in [-0.05, 0) is 13.8 Å². The predicted octanol–water partition coefficient (Wildman–Crippen LogP) is 1.75. The molecule has 0 aliphatic heterocycles. The van der Waals surface area contributed by atoms with Gasteiger partial charge in [0.05, 0.1) is 19.8 Å². The molecule has 0 radical (unpaired) electrons. The van der Waals surface area contributed by atoms with E-state index in [1.54, 1.807) is 13.8 Å². The lowest BCUT2D eigenvalue weighted by molar-refractivity contribution is -0.127. The molecule has 0 saturated carbocycles. The second-order valence-corrected chi connectivity index (χ2v) is 5.88. The minimum absolute atomic E-state index is 0.226. The van der Waals surface area contributed by atoms with Gasteiger partial charge < -0.3 is 0 Å². The Labute approximate surface area is 98.7 Å². The summed E-state index contributed by atoms with van der Waals surface area (Å²) in [5, 5.41) is 0. The van der Waals surface area contributed by atoms with E-state index >= 15 is 0 Å². The number of nitrogens with zero attached hydrogens (tertiary/aromatic N) is 1. The number of hydrogen-bond donors (Lipinski definition) is 1. The Morgan fingerprint density at radius 1 is 1.44 bits per heavy atom. The van der Waals surface area contributed by atoms with Crippen LogP contribution >= 0.6 is 19.9 Å². The molecule has 0 fully saturated rings. The van der Waals surface area contributed by atoms with E-state index in [2.05, 4.69) is 4.72 Å². The molecule has 0 atom stereocenters. The Hall–Kier alpha value is 0.0200. The van der Waals surface area contributed by atoms with E-state index in [0.29, 0.717) is 0 Å². The first-order chi connectivity index (χ1) is 7.46. The SMILES string of the molecule is CCOP(=O)(OCC)N(C)SNCC(=O)F. The standard InChI is InChI=1S/C7H16FN2O4PS/c1-4-13-15(12,14-5-2)10(3)16-9-6-7(8)11/h9H,4-6H2,1-3H3. The molecule has 6 nitrogen and oxygen atoms in total. The van der Waals surface area contributed by atoms with Gasteiger partial charge in [-0.2, -0.15) is 4.39 Å². The highest BCUT2D eigenvalue weighted by Crippen LogP contribution is 2.53. The number of rotatable bonds is 9. The highest BCUT2D eigenvalue weighted by Gasteiger charge is 2.30. The monoisotopic (exact) mass is 274 g/mol. The quantitative estimate of drug-likeness (QED) is 0.390. The van der Waals surface area contributed by atoms with Crippen LogP contribution in [0.5, 0.6) is 0 Å². The van der Waals surface area contributed by atoms with E-state index in [9.17, 15) is 13.8 Å². The number of carbonyl (C=O) groups is 1. The normalized spacial score (nSPS) is 12.1. The van der Waals surface area contributed by atoms with Crippen molar-refractivity contribution in [1.82, 2.24) is 8.80 Å². The summed E-state index contributed by atoms with van der Waals surface area (Å²) in [4.78, 5) is 10.0. The zero-order valence-corrected chi connectivity index (χ0v) is 11.1. The van der Waals surface area contributed by atoms with Crippen molar-refractivity contribution in [2.45, 2.75) is 13.8 Å². The third kappa shape index (κ3) is 5.93. The number of carbonyl (C=O) groups excluding carboxylic acids is 1.